The number of hydrogen-bond acceptors (Lipinski definition) is 0. The Hall–Kier alpha value is -0.790. The van der Waals surface area contributed by atoms with E-state index in [1.165, 1.54) is 276 Å². The van der Waals surface area contributed by atoms with Crippen LogP contribution in [0.3, 0.4) is 0 Å². The van der Waals surface area contributed by atoms with Crippen LogP contribution in [0.5, 0.6) is 0 Å². The van der Waals surface area contributed by atoms with Crippen molar-refractivity contribution >= 4 is 0 Å². The summed E-state index contributed by atoms with van der Waals surface area (Å²) in [5.74, 6) is 1.63. The van der Waals surface area contributed by atoms with Gasteiger partial charge in [-0.3, -0.25) is 0 Å². The van der Waals surface area contributed by atoms with Gasteiger partial charge in [-0.15, -0.1) is 0 Å². The molecule has 0 aliphatic rings. The van der Waals surface area contributed by atoms with Crippen molar-refractivity contribution in [1.29, 1.82) is 0 Å². The van der Waals surface area contributed by atoms with E-state index in [0.29, 0.717) is 0 Å². The molecule has 0 spiro atoms. The molecule has 2 heteroatoms. The summed E-state index contributed by atoms with van der Waals surface area (Å²) in [6.07, 6.45) is 63.8. The predicted molar refractivity (Wildman–Crippen MR) is 230 cm³/mol. The first kappa shape index (κ1) is 48.2. The summed E-state index contributed by atoms with van der Waals surface area (Å²) in [5.41, 5.74) is 0. The number of imidazole rings is 1. The highest BCUT2D eigenvalue weighted by Gasteiger charge is 2.16. The van der Waals surface area contributed by atoms with Crippen molar-refractivity contribution in [2.75, 3.05) is 0 Å². The van der Waals surface area contributed by atoms with Gasteiger partial charge in [0.05, 0.1) is 13.1 Å². The number of rotatable bonds is 43. The molecule has 0 unspecified atom stereocenters. The molecule has 0 saturated heterocycles. The molecule has 0 saturated carbocycles. The average Bonchev–Trinajstić information content (AvgIpc) is 3.53. The van der Waals surface area contributed by atoms with E-state index >= 15 is 0 Å². The van der Waals surface area contributed by atoms with Crippen LogP contribution >= 0.6 is 0 Å². The van der Waals surface area contributed by atoms with E-state index < -0.39 is 0 Å². The number of hydrogen-bond donors (Lipinski definition) is 0. The lowest BCUT2D eigenvalue weighted by Gasteiger charge is -2.07. The molecule has 1 aromatic rings. The third kappa shape index (κ3) is 32.4. The minimum atomic E-state index is 1.23. The molecule has 1 aromatic heterocycles. The van der Waals surface area contributed by atoms with Crippen LogP contribution in [0.25, 0.3) is 0 Å². The molecule has 0 aromatic carbocycles. The van der Waals surface area contributed by atoms with Crippen molar-refractivity contribution < 1.29 is 4.57 Å². The van der Waals surface area contributed by atoms with Crippen molar-refractivity contribution in [1.82, 2.24) is 4.57 Å². The highest BCUT2D eigenvalue weighted by atomic mass is 15.1. The summed E-state index contributed by atoms with van der Waals surface area (Å²) in [4.78, 5) is 0. The number of aromatic nitrogens is 2. The molecule has 0 N–H and O–H groups in total. The maximum Gasteiger partial charge on any atom is 0.256 e. The second-order valence-corrected chi connectivity index (χ2v) is 16.9. The van der Waals surface area contributed by atoms with Crippen molar-refractivity contribution in [2.45, 2.75) is 297 Å². The van der Waals surface area contributed by atoms with E-state index in [0.717, 1.165) is 0 Å². The molecular formula is C49H97N2+. The molecule has 1 heterocycles. The number of aryl methyl sites for hydroxylation is 2. The van der Waals surface area contributed by atoms with Crippen molar-refractivity contribution in [3.63, 3.8) is 0 Å². The molecule has 2 nitrogen and oxygen atoms in total. The molecule has 0 fully saturated rings. The van der Waals surface area contributed by atoms with E-state index in [1.54, 1.807) is 5.82 Å². The number of unbranched alkanes of at least 4 members (excludes halogenated alkanes) is 37. The van der Waals surface area contributed by atoms with Crippen LogP contribution in [0.15, 0.2) is 12.4 Å². The Morgan fingerprint density at radius 3 is 0.941 bits per heavy atom. The average molecular weight is 714 g/mol. The van der Waals surface area contributed by atoms with Gasteiger partial charge in [0.1, 0.15) is 12.4 Å². The predicted octanol–water partition coefficient (Wildman–Crippen LogP) is 17.0. The van der Waals surface area contributed by atoms with Crippen molar-refractivity contribution in [3.8, 4) is 0 Å². The maximum atomic E-state index is 2.65. The quantitative estimate of drug-likeness (QED) is 0.0471. The van der Waals surface area contributed by atoms with Crippen LogP contribution in [0, 0.1) is 0 Å². The van der Waals surface area contributed by atoms with Crippen LogP contribution in [0.2, 0.25) is 0 Å². The molecule has 0 aliphatic heterocycles. The third-order valence-electron chi connectivity index (χ3n) is 11.8. The fourth-order valence-electron chi connectivity index (χ4n) is 8.27. The SMILES string of the molecule is CCCCCCCCCCCCCCCCCCc1n(CCCCCCCCCCCC)cc[n+]1CCCCCCCCCCCCCCCC. The first-order chi connectivity index (χ1) is 25.3. The van der Waals surface area contributed by atoms with Gasteiger partial charge in [0.15, 0.2) is 0 Å². The second-order valence-electron chi connectivity index (χ2n) is 16.9. The fourth-order valence-corrected chi connectivity index (χ4v) is 8.27. The summed E-state index contributed by atoms with van der Waals surface area (Å²) in [7, 11) is 0. The zero-order valence-electron chi connectivity index (χ0n) is 36.0. The van der Waals surface area contributed by atoms with E-state index in [4.69, 9.17) is 0 Å². The fraction of sp³-hybridized carbons (Fsp3) is 0.939. The first-order valence-electron chi connectivity index (χ1n) is 24.4. The molecule has 0 amide bonds. The minimum Gasteiger partial charge on any atom is -0.234 e. The van der Waals surface area contributed by atoms with Gasteiger partial charge in [-0.1, -0.05) is 245 Å². The van der Waals surface area contributed by atoms with Gasteiger partial charge in [0.25, 0.3) is 5.82 Å². The molecule has 0 radical (unpaired) electrons. The lowest BCUT2D eigenvalue weighted by atomic mass is 10.0. The lowest BCUT2D eigenvalue weighted by molar-refractivity contribution is -0.704. The molecule has 1 rings (SSSR count). The second kappa shape index (κ2) is 40.4. The monoisotopic (exact) mass is 714 g/mol. The zero-order chi connectivity index (χ0) is 36.6. The lowest BCUT2D eigenvalue weighted by Crippen LogP contribution is -2.37. The van der Waals surface area contributed by atoms with E-state index in [9.17, 15) is 0 Å². The highest BCUT2D eigenvalue weighted by Crippen LogP contribution is 2.17. The van der Waals surface area contributed by atoms with Crippen LogP contribution in [0.1, 0.15) is 283 Å². The van der Waals surface area contributed by atoms with Crippen molar-refractivity contribution in [3.05, 3.63) is 18.2 Å². The van der Waals surface area contributed by atoms with Crippen LogP contribution in [-0.4, -0.2) is 4.57 Å². The summed E-state index contributed by atoms with van der Waals surface area (Å²) < 4.78 is 5.31. The Morgan fingerprint density at radius 1 is 0.333 bits per heavy atom. The van der Waals surface area contributed by atoms with Gasteiger partial charge in [0, 0.05) is 6.42 Å². The van der Waals surface area contributed by atoms with Crippen LogP contribution in [0.4, 0.5) is 0 Å². The molecule has 302 valence electrons. The van der Waals surface area contributed by atoms with Gasteiger partial charge in [-0.2, -0.15) is 0 Å². The van der Waals surface area contributed by atoms with Crippen LogP contribution < -0.4 is 4.57 Å². The Labute approximate surface area is 323 Å². The van der Waals surface area contributed by atoms with Crippen LogP contribution in [-0.2, 0) is 19.5 Å². The molecule has 0 aliphatic carbocycles. The van der Waals surface area contributed by atoms with Gasteiger partial charge in [-0.25, -0.2) is 9.13 Å². The molecule has 0 bridgehead atoms. The molecular weight excluding hydrogens is 617 g/mol. The summed E-state index contributed by atoms with van der Waals surface area (Å²) in [5, 5.41) is 0. The topological polar surface area (TPSA) is 8.81 Å². The Morgan fingerprint density at radius 2 is 0.608 bits per heavy atom. The molecule has 0 atom stereocenters. The van der Waals surface area contributed by atoms with Crippen molar-refractivity contribution in [2.24, 2.45) is 0 Å². The Kier molecular flexibility index (Phi) is 38.2. The van der Waals surface area contributed by atoms with Gasteiger partial charge in [0.2, 0.25) is 0 Å². The van der Waals surface area contributed by atoms with Gasteiger partial charge in [-0.05, 0) is 32.1 Å². The van der Waals surface area contributed by atoms with E-state index in [1.807, 2.05) is 0 Å². The number of nitrogens with zero attached hydrogens (tertiary/aromatic N) is 2. The Bertz CT molecular complexity index is 781. The first-order valence-corrected chi connectivity index (χ1v) is 24.4. The maximum absolute atomic E-state index is 2.65. The van der Waals surface area contributed by atoms with Gasteiger partial charge < -0.3 is 0 Å². The summed E-state index contributed by atoms with van der Waals surface area (Å²) >= 11 is 0. The van der Waals surface area contributed by atoms with E-state index in [2.05, 4.69) is 42.3 Å². The summed E-state index contributed by atoms with van der Waals surface area (Å²) in [6, 6.07) is 0. The van der Waals surface area contributed by atoms with Gasteiger partial charge >= 0.3 is 0 Å². The highest BCUT2D eigenvalue weighted by molar-refractivity contribution is 4.84. The minimum absolute atomic E-state index is 1.23. The molecule has 51 heavy (non-hydrogen) atoms. The standard InChI is InChI=1S/C49H97N2/c1-4-7-10-13-16-19-22-24-26-27-28-30-32-35-38-41-44-49-50(45-42-39-36-33-21-18-15-12-9-6-3)47-48-51(49)46-43-40-37-34-31-29-25-23-20-17-14-11-8-5-2/h47-48H,4-46H2,1-3H3/q+1. The Balaban J connectivity index is 2.25. The normalized spacial score (nSPS) is 11.7. The largest absolute Gasteiger partial charge is 0.256 e. The third-order valence-corrected chi connectivity index (χ3v) is 11.8. The van der Waals surface area contributed by atoms with E-state index in [-0.39, 0.29) is 0 Å². The smallest absolute Gasteiger partial charge is 0.234 e. The zero-order valence-corrected chi connectivity index (χ0v) is 36.0. The summed E-state index contributed by atoms with van der Waals surface area (Å²) in [6.45, 7) is 9.42.